The third kappa shape index (κ3) is 1.47. The van der Waals surface area contributed by atoms with Gasteiger partial charge in [0.25, 0.3) is 0 Å². The molecule has 0 aromatic carbocycles. The van der Waals surface area contributed by atoms with Crippen molar-refractivity contribution in [1.82, 2.24) is 4.90 Å². The first kappa shape index (κ1) is 9.56. The van der Waals surface area contributed by atoms with Crippen LogP contribution in [0.15, 0.2) is 0 Å². The fraction of sp³-hybridized carbons (Fsp3) is 0.900. The molecule has 1 heterocycles. The smallest absolute Gasteiger partial charge is 0.219 e. The van der Waals surface area contributed by atoms with E-state index in [9.17, 15) is 4.79 Å². The molecule has 12 heavy (non-hydrogen) atoms. The van der Waals surface area contributed by atoms with E-state index in [0.717, 1.165) is 19.5 Å². The molecule has 0 aromatic heterocycles. The summed E-state index contributed by atoms with van der Waals surface area (Å²) in [6.45, 7) is 10.3. The average Bonchev–Trinajstić information content (AvgIpc) is 2.30. The van der Waals surface area contributed by atoms with Gasteiger partial charge in [-0.05, 0) is 17.8 Å². The van der Waals surface area contributed by atoms with Crippen LogP contribution in [0, 0.1) is 11.3 Å². The van der Waals surface area contributed by atoms with Crippen molar-refractivity contribution in [2.24, 2.45) is 11.3 Å². The van der Waals surface area contributed by atoms with Crippen LogP contribution in [0.3, 0.4) is 0 Å². The minimum Gasteiger partial charge on any atom is -0.342 e. The fourth-order valence-corrected chi connectivity index (χ4v) is 1.91. The molecule has 0 radical (unpaired) electrons. The van der Waals surface area contributed by atoms with Gasteiger partial charge in [-0.25, -0.2) is 0 Å². The molecule has 2 nitrogen and oxygen atoms in total. The second-order valence-corrected chi connectivity index (χ2v) is 4.31. The maximum Gasteiger partial charge on any atom is 0.219 e. The molecule has 0 aliphatic carbocycles. The molecule has 1 rings (SSSR count). The van der Waals surface area contributed by atoms with E-state index >= 15 is 0 Å². The Labute approximate surface area is 74.9 Å². The zero-order valence-corrected chi connectivity index (χ0v) is 8.55. The number of carbonyl (C=O) groups excluding carboxylic acids is 1. The van der Waals surface area contributed by atoms with E-state index in [1.165, 1.54) is 0 Å². The first-order valence-corrected chi connectivity index (χ1v) is 4.75. The molecule has 0 saturated carbocycles. The molecule has 2 unspecified atom stereocenters. The van der Waals surface area contributed by atoms with Crippen LogP contribution in [0.1, 0.15) is 34.1 Å². The first-order chi connectivity index (χ1) is 5.49. The number of rotatable bonds is 1. The molecule has 0 N–H and O–H groups in total. The summed E-state index contributed by atoms with van der Waals surface area (Å²) in [5.74, 6) is 0.866. The monoisotopic (exact) mass is 169 g/mol. The fourth-order valence-electron chi connectivity index (χ4n) is 1.91. The number of amides is 1. The highest BCUT2D eigenvalue weighted by atomic mass is 16.2. The summed E-state index contributed by atoms with van der Waals surface area (Å²) in [6.07, 6.45) is 1.16. The maximum atomic E-state index is 11.1. The Kier molecular flexibility index (Phi) is 2.45. The van der Waals surface area contributed by atoms with Crippen LogP contribution in [0.4, 0.5) is 0 Å². The van der Waals surface area contributed by atoms with Crippen molar-refractivity contribution >= 4 is 5.91 Å². The van der Waals surface area contributed by atoms with Crippen LogP contribution >= 0.6 is 0 Å². The molecule has 1 fully saturated rings. The molecule has 70 valence electrons. The van der Waals surface area contributed by atoms with E-state index < -0.39 is 0 Å². The third-order valence-electron chi connectivity index (χ3n) is 3.49. The van der Waals surface area contributed by atoms with E-state index in [2.05, 4.69) is 20.8 Å². The zero-order chi connectivity index (χ0) is 9.35. The van der Waals surface area contributed by atoms with Gasteiger partial charge < -0.3 is 4.90 Å². The van der Waals surface area contributed by atoms with Gasteiger partial charge in [0, 0.05) is 20.0 Å². The third-order valence-corrected chi connectivity index (χ3v) is 3.49. The second kappa shape index (κ2) is 3.08. The van der Waals surface area contributed by atoms with Gasteiger partial charge in [-0.1, -0.05) is 20.8 Å². The molecule has 1 amide bonds. The minimum absolute atomic E-state index is 0.221. The summed E-state index contributed by atoms with van der Waals surface area (Å²) in [5.41, 5.74) is 0.353. The molecular weight excluding hydrogens is 150 g/mol. The number of hydrogen-bond acceptors (Lipinski definition) is 1. The van der Waals surface area contributed by atoms with Gasteiger partial charge in [0.15, 0.2) is 0 Å². The highest BCUT2D eigenvalue weighted by Gasteiger charge is 2.39. The summed E-state index contributed by atoms with van der Waals surface area (Å²) in [7, 11) is 0. The van der Waals surface area contributed by atoms with E-state index in [0.29, 0.717) is 11.3 Å². The lowest BCUT2D eigenvalue weighted by molar-refractivity contribution is -0.128. The molecule has 0 spiro atoms. The van der Waals surface area contributed by atoms with Crippen LogP contribution in [-0.4, -0.2) is 23.9 Å². The number of likely N-dealkylation sites (tertiary alicyclic amines) is 1. The number of nitrogens with zero attached hydrogens (tertiary/aromatic N) is 1. The largest absolute Gasteiger partial charge is 0.342 e. The Morgan fingerprint density at radius 2 is 2.25 bits per heavy atom. The van der Waals surface area contributed by atoms with Crippen LogP contribution in [0.5, 0.6) is 0 Å². The second-order valence-electron chi connectivity index (χ2n) is 4.31. The van der Waals surface area contributed by atoms with E-state index in [1.54, 1.807) is 6.92 Å². The standard InChI is InChI=1S/C10H19NO/c1-5-10(4)7-11(9(3)12)6-8(10)2/h8H,5-7H2,1-4H3. The van der Waals surface area contributed by atoms with Crippen LogP contribution in [0.2, 0.25) is 0 Å². The summed E-state index contributed by atoms with van der Waals surface area (Å²) < 4.78 is 0. The molecule has 2 heteroatoms. The topological polar surface area (TPSA) is 20.3 Å². The Morgan fingerprint density at radius 1 is 1.67 bits per heavy atom. The van der Waals surface area contributed by atoms with Crippen LogP contribution in [0.25, 0.3) is 0 Å². The predicted molar refractivity (Wildman–Crippen MR) is 49.8 cm³/mol. The lowest BCUT2D eigenvalue weighted by atomic mass is 9.79. The van der Waals surface area contributed by atoms with Gasteiger partial charge in [0.05, 0.1) is 0 Å². The van der Waals surface area contributed by atoms with Gasteiger partial charge >= 0.3 is 0 Å². The van der Waals surface area contributed by atoms with Gasteiger partial charge in [-0.2, -0.15) is 0 Å². The van der Waals surface area contributed by atoms with Crippen molar-refractivity contribution in [2.45, 2.75) is 34.1 Å². The van der Waals surface area contributed by atoms with E-state index in [1.807, 2.05) is 4.90 Å². The van der Waals surface area contributed by atoms with Crippen molar-refractivity contribution in [1.29, 1.82) is 0 Å². The Morgan fingerprint density at radius 3 is 2.50 bits per heavy atom. The Bertz CT molecular complexity index is 190. The molecule has 0 aromatic rings. The molecule has 1 aliphatic heterocycles. The van der Waals surface area contributed by atoms with Crippen molar-refractivity contribution in [3.8, 4) is 0 Å². The molecule has 1 aliphatic rings. The Hall–Kier alpha value is -0.530. The molecule has 0 bridgehead atoms. The van der Waals surface area contributed by atoms with Crippen molar-refractivity contribution in [3.05, 3.63) is 0 Å². The Balaban J connectivity index is 2.68. The summed E-state index contributed by atoms with van der Waals surface area (Å²) in [4.78, 5) is 13.1. The highest BCUT2D eigenvalue weighted by molar-refractivity contribution is 5.73. The average molecular weight is 169 g/mol. The van der Waals surface area contributed by atoms with Crippen LogP contribution < -0.4 is 0 Å². The lowest BCUT2D eigenvalue weighted by Gasteiger charge is -2.26. The maximum absolute atomic E-state index is 11.1. The minimum atomic E-state index is 0.221. The summed E-state index contributed by atoms with van der Waals surface area (Å²) in [6, 6.07) is 0. The molecule has 1 saturated heterocycles. The van der Waals surface area contributed by atoms with Crippen molar-refractivity contribution < 1.29 is 4.79 Å². The van der Waals surface area contributed by atoms with Crippen molar-refractivity contribution in [3.63, 3.8) is 0 Å². The quantitative estimate of drug-likeness (QED) is 0.587. The van der Waals surface area contributed by atoms with Crippen LogP contribution in [-0.2, 0) is 4.79 Å². The summed E-state index contributed by atoms with van der Waals surface area (Å²) >= 11 is 0. The first-order valence-electron chi connectivity index (χ1n) is 4.75. The normalized spacial score (nSPS) is 35.7. The predicted octanol–water partition coefficient (Wildman–Crippen LogP) is 1.90. The zero-order valence-electron chi connectivity index (χ0n) is 8.55. The number of carbonyl (C=O) groups is 1. The molecule has 2 atom stereocenters. The van der Waals surface area contributed by atoms with E-state index in [-0.39, 0.29) is 5.91 Å². The number of hydrogen-bond donors (Lipinski definition) is 0. The van der Waals surface area contributed by atoms with Gasteiger partial charge in [-0.15, -0.1) is 0 Å². The van der Waals surface area contributed by atoms with Crippen molar-refractivity contribution in [2.75, 3.05) is 13.1 Å². The van der Waals surface area contributed by atoms with Gasteiger partial charge in [0.1, 0.15) is 0 Å². The SMILES string of the molecule is CCC1(C)CN(C(C)=O)CC1C. The molecular formula is C10H19NO. The highest BCUT2D eigenvalue weighted by Crippen LogP contribution is 2.37. The van der Waals surface area contributed by atoms with E-state index in [4.69, 9.17) is 0 Å². The van der Waals surface area contributed by atoms with Gasteiger partial charge in [-0.3, -0.25) is 4.79 Å². The lowest BCUT2D eigenvalue weighted by Crippen LogP contribution is -2.28. The van der Waals surface area contributed by atoms with Gasteiger partial charge in [0.2, 0.25) is 5.91 Å². The summed E-state index contributed by atoms with van der Waals surface area (Å²) in [5, 5.41) is 0.